The zero-order valence-electron chi connectivity index (χ0n) is 15.7. The average Bonchev–Trinajstić information content (AvgIpc) is 3.35. The molecule has 1 aliphatic heterocycles. The van der Waals surface area contributed by atoms with Crippen LogP contribution in [-0.4, -0.2) is 33.4 Å². The largest absolute Gasteiger partial charge is 0.342 e. The summed E-state index contributed by atoms with van der Waals surface area (Å²) in [6.45, 7) is 1.71. The van der Waals surface area contributed by atoms with Crippen LogP contribution in [0, 0.1) is 5.92 Å². The standard InChI is InChI=1S/C22H29N3O/c1-24-16-13-23-21(24)19-11-14-25(15-12-19)22(26)20(18-9-5-6-10-18)17-7-3-2-4-8-17/h2-4,7-8,13,16,18-20H,5-6,9-12,14-15H2,1H3. The van der Waals surface area contributed by atoms with E-state index in [1.54, 1.807) is 0 Å². The summed E-state index contributed by atoms with van der Waals surface area (Å²) in [4.78, 5) is 20.1. The number of nitrogens with zero attached hydrogens (tertiary/aromatic N) is 3. The van der Waals surface area contributed by atoms with Gasteiger partial charge in [0.05, 0.1) is 5.92 Å². The SMILES string of the molecule is Cn1ccnc1C1CCN(C(=O)C(c2ccccc2)C2CCCC2)CC1. The number of hydrogen-bond acceptors (Lipinski definition) is 2. The predicted octanol–water partition coefficient (Wildman–Crippen LogP) is 4.10. The van der Waals surface area contributed by atoms with Crippen LogP contribution >= 0.6 is 0 Å². The summed E-state index contributed by atoms with van der Waals surface area (Å²) >= 11 is 0. The molecule has 1 aromatic heterocycles. The summed E-state index contributed by atoms with van der Waals surface area (Å²) in [5.41, 5.74) is 1.20. The van der Waals surface area contributed by atoms with E-state index in [4.69, 9.17) is 0 Å². The molecule has 0 spiro atoms. The lowest BCUT2D eigenvalue weighted by molar-refractivity contribution is -0.135. The summed E-state index contributed by atoms with van der Waals surface area (Å²) in [5.74, 6) is 2.54. The number of hydrogen-bond donors (Lipinski definition) is 0. The van der Waals surface area contributed by atoms with Crippen LogP contribution in [0.15, 0.2) is 42.7 Å². The van der Waals surface area contributed by atoms with Gasteiger partial charge in [0.1, 0.15) is 5.82 Å². The lowest BCUT2D eigenvalue weighted by Crippen LogP contribution is -2.42. The highest BCUT2D eigenvalue weighted by molar-refractivity contribution is 5.84. The molecule has 1 saturated carbocycles. The lowest BCUT2D eigenvalue weighted by atomic mass is 9.83. The maximum absolute atomic E-state index is 13.5. The molecule has 1 aliphatic carbocycles. The summed E-state index contributed by atoms with van der Waals surface area (Å²) < 4.78 is 2.12. The van der Waals surface area contributed by atoms with Gasteiger partial charge < -0.3 is 9.47 Å². The van der Waals surface area contributed by atoms with E-state index in [1.165, 1.54) is 31.2 Å². The molecule has 2 fully saturated rings. The van der Waals surface area contributed by atoms with Crippen LogP contribution in [-0.2, 0) is 11.8 Å². The number of likely N-dealkylation sites (tertiary alicyclic amines) is 1. The fourth-order valence-corrected chi connectivity index (χ4v) is 4.89. The molecule has 1 atom stereocenters. The third-order valence-corrected chi connectivity index (χ3v) is 6.33. The fourth-order valence-electron chi connectivity index (χ4n) is 4.89. The van der Waals surface area contributed by atoms with E-state index in [-0.39, 0.29) is 5.92 Å². The molecule has 0 radical (unpaired) electrons. The van der Waals surface area contributed by atoms with Crippen LogP contribution in [0.5, 0.6) is 0 Å². The molecule has 4 nitrogen and oxygen atoms in total. The van der Waals surface area contributed by atoms with Gasteiger partial charge in [0, 0.05) is 38.4 Å². The molecule has 0 bridgehead atoms. The van der Waals surface area contributed by atoms with Crippen LogP contribution in [0.4, 0.5) is 0 Å². The Hall–Kier alpha value is -2.10. The Morgan fingerprint density at radius 1 is 1.08 bits per heavy atom. The molecule has 2 heterocycles. The van der Waals surface area contributed by atoms with Gasteiger partial charge in [-0.2, -0.15) is 0 Å². The Bertz CT molecular complexity index is 725. The van der Waals surface area contributed by atoms with Crippen LogP contribution in [0.2, 0.25) is 0 Å². The van der Waals surface area contributed by atoms with E-state index in [1.807, 2.05) is 18.5 Å². The molecule has 26 heavy (non-hydrogen) atoms. The highest BCUT2D eigenvalue weighted by Gasteiger charge is 2.36. The number of piperidine rings is 1. The zero-order chi connectivity index (χ0) is 17.9. The van der Waals surface area contributed by atoms with Crippen molar-refractivity contribution in [2.24, 2.45) is 13.0 Å². The zero-order valence-corrected chi connectivity index (χ0v) is 15.7. The minimum atomic E-state index is 0.0448. The smallest absolute Gasteiger partial charge is 0.230 e. The first-order valence-corrected chi connectivity index (χ1v) is 10.0. The normalized spacial score (nSPS) is 20.4. The van der Waals surface area contributed by atoms with Crippen LogP contribution in [0.25, 0.3) is 0 Å². The van der Waals surface area contributed by atoms with Crippen molar-refractivity contribution in [3.63, 3.8) is 0 Å². The second-order valence-corrected chi connectivity index (χ2v) is 7.93. The first-order valence-electron chi connectivity index (χ1n) is 10.0. The summed E-state index contributed by atoms with van der Waals surface area (Å²) in [6, 6.07) is 10.5. The highest BCUT2D eigenvalue weighted by Crippen LogP contribution is 2.39. The lowest BCUT2D eigenvalue weighted by Gasteiger charge is -2.35. The van der Waals surface area contributed by atoms with Crippen molar-refractivity contribution in [3.8, 4) is 0 Å². The van der Waals surface area contributed by atoms with Crippen molar-refractivity contribution < 1.29 is 4.79 Å². The number of imidazole rings is 1. The van der Waals surface area contributed by atoms with Gasteiger partial charge in [-0.1, -0.05) is 43.2 Å². The maximum Gasteiger partial charge on any atom is 0.230 e. The molecule has 138 valence electrons. The minimum Gasteiger partial charge on any atom is -0.342 e. The Balaban J connectivity index is 1.47. The highest BCUT2D eigenvalue weighted by atomic mass is 16.2. The van der Waals surface area contributed by atoms with Crippen molar-refractivity contribution in [1.29, 1.82) is 0 Å². The number of carbonyl (C=O) groups excluding carboxylic acids is 1. The van der Waals surface area contributed by atoms with Crippen molar-refractivity contribution in [2.45, 2.75) is 50.4 Å². The number of rotatable bonds is 4. The van der Waals surface area contributed by atoms with Gasteiger partial charge in [-0.15, -0.1) is 0 Å². The average molecular weight is 351 g/mol. The molecule has 2 aliphatic rings. The van der Waals surface area contributed by atoms with Gasteiger partial charge in [-0.25, -0.2) is 4.98 Å². The van der Waals surface area contributed by atoms with Crippen LogP contribution in [0.3, 0.4) is 0 Å². The van der Waals surface area contributed by atoms with Gasteiger partial charge in [0.2, 0.25) is 5.91 Å². The molecular weight excluding hydrogens is 322 g/mol. The molecule has 4 heteroatoms. The van der Waals surface area contributed by atoms with Crippen molar-refractivity contribution in [2.75, 3.05) is 13.1 Å². The molecule has 1 unspecified atom stereocenters. The second-order valence-electron chi connectivity index (χ2n) is 7.93. The Morgan fingerprint density at radius 3 is 2.38 bits per heavy atom. The monoisotopic (exact) mass is 351 g/mol. The maximum atomic E-state index is 13.5. The first kappa shape index (κ1) is 17.3. The third-order valence-electron chi connectivity index (χ3n) is 6.33. The number of amides is 1. The number of carbonyl (C=O) groups is 1. The quantitative estimate of drug-likeness (QED) is 0.832. The molecule has 1 saturated heterocycles. The Kier molecular flexibility index (Phi) is 5.09. The van der Waals surface area contributed by atoms with E-state index < -0.39 is 0 Å². The summed E-state index contributed by atoms with van der Waals surface area (Å²) in [7, 11) is 2.06. The third kappa shape index (κ3) is 3.42. The van der Waals surface area contributed by atoms with Gasteiger partial charge in [0.15, 0.2) is 0 Å². The van der Waals surface area contributed by atoms with Gasteiger partial charge >= 0.3 is 0 Å². The topological polar surface area (TPSA) is 38.1 Å². The number of benzene rings is 1. The van der Waals surface area contributed by atoms with Gasteiger partial charge in [-0.3, -0.25) is 4.79 Å². The van der Waals surface area contributed by atoms with E-state index in [0.29, 0.717) is 17.7 Å². The molecule has 1 aromatic carbocycles. The molecule has 2 aromatic rings. The molecular formula is C22H29N3O. The summed E-state index contributed by atoms with van der Waals surface area (Å²) in [5, 5.41) is 0. The van der Waals surface area contributed by atoms with Gasteiger partial charge in [-0.05, 0) is 37.2 Å². The van der Waals surface area contributed by atoms with Crippen molar-refractivity contribution in [3.05, 3.63) is 54.1 Å². The van der Waals surface area contributed by atoms with E-state index >= 15 is 0 Å². The fraction of sp³-hybridized carbons (Fsp3) is 0.545. The van der Waals surface area contributed by atoms with Crippen LogP contribution < -0.4 is 0 Å². The van der Waals surface area contributed by atoms with Crippen LogP contribution in [0.1, 0.15) is 61.7 Å². The van der Waals surface area contributed by atoms with E-state index in [9.17, 15) is 4.79 Å². The molecule has 4 rings (SSSR count). The van der Waals surface area contributed by atoms with Crippen molar-refractivity contribution in [1.82, 2.24) is 14.5 Å². The molecule has 1 amide bonds. The van der Waals surface area contributed by atoms with Crippen molar-refractivity contribution >= 4 is 5.91 Å². The van der Waals surface area contributed by atoms with E-state index in [2.05, 4.69) is 45.8 Å². The Morgan fingerprint density at radius 2 is 1.77 bits per heavy atom. The number of aromatic nitrogens is 2. The molecule has 0 N–H and O–H groups in total. The Labute approximate surface area is 156 Å². The minimum absolute atomic E-state index is 0.0448. The second kappa shape index (κ2) is 7.65. The number of aryl methyl sites for hydroxylation is 1. The van der Waals surface area contributed by atoms with E-state index in [0.717, 1.165) is 31.8 Å². The predicted molar refractivity (Wildman–Crippen MR) is 103 cm³/mol. The van der Waals surface area contributed by atoms with Gasteiger partial charge in [0.25, 0.3) is 0 Å². The summed E-state index contributed by atoms with van der Waals surface area (Å²) in [6.07, 6.45) is 10.8. The first-order chi connectivity index (χ1) is 12.7.